The highest BCUT2D eigenvalue weighted by Crippen LogP contribution is 2.16. The Balaban J connectivity index is 2.29. The van der Waals surface area contributed by atoms with Crippen LogP contribution in [0, 0.1) is 16.0 Å². The molecule has 0 heterocycles. The molecule has 1 rings (SSSR count). The Labute approximate surface area is 107 Å². The fourth-order valence-electron chi connectivity index (χ4n) is 1.36. The Morgan fingerprint density at radius 2 is 1.89 bits per heavy atom. The van der Waals surface area contributed by atoms with Crippen molar-refractivity contribution in [3.63, 3.8) is 0 Å². The summed E-state index contributed by atoms with van der Waals surface area (Å²) in [6.07, 6.45) is 0. The summed E-state index contributed by atoms with van der Waals surface area (Å²) in [5, 5.41) is 13.8. The van der Waals surface area contributed by atoms with Crippen LogP contribution in [0.2, 0.25) is 0 Å². The molecule has 0 radical (unpaired) electrons. The maximum Gasteiger partial charge on any atom is 0.269 e. The summed E-state index contributed by atoms with van der Waals surface area (Å²) in [5.74, 6) is 1.24. The number of non-ortho nitro benzene ring substituents is 1. The summed E-state index contributed by atoms with van der Waals surface area (Å²) in [4.78, 5) is 10.0. The van der Waals surface area contributed by atoms with Gasteiger partial charge in [-0.15, -0.1) is 0 Å². The molecule has 100 valence electrons. The van der Waals surface area contributed by atoms with Crippen LogP contribution in [0.25, 0.3) is 0 Å². The van der Waals surface area contributed by atoms with Crippen LogP contribution in [-0.2, 0) is 0 Å². The molecule has 18 heavy (non-hydrogen) atoms. The molecule has 0 saturated carbocycles. The third kappa shape index (κ3) is 4.71. The monoisotopic (exact) mass is 252 g/mol. The second kappa shape index (κ2) is 6.96. The molecule has 0 spiro atoms. The Hall–Kier alpha value is -1.62. The van der Waals surface area contributed by atoms with E-state index in [9.17, 15) is 10.1 Å². The van der Waals surface area contributed by atoms with Crippen LogP contribution in [0.4, 0.5) is 5.69 Å². The first-order chi connectivity index (χ1) is 8.50. The summed E-state index contributed by atoms with van der Waals surface area (Å²) >= 11 is 0. The van der Waals surface area contributed by atoms with Crippen LogP contribution in [-0.4, -0.2) is 24.1 Å². The summed E-state index contributed by atoms with van der Waals surface area (Å²) in [6, 6.07) is 6.57. The van der Waals surface area contributed by atoms with Gasteiger partial charge in [0.1, 0.15) is 12.4 Å². The largest absolute Gasteiger partial charge is 0.492 e. The molecule has 0 aliphatic rings. The van der Waals surface area contributed by atoms with E-state index in [1.54, 1.807) is 12.1 Å². The zero-order chi connectivity index (χ0) is 13.5. The van der Waals surface area contributed by atoms with E-state index in [1.807, 2.05) is 0 Å². The highest BCUT2D eigenvalue weighted by molar-refractivity contribution is 5.35. The first-order valence-electron chi connectivity index (χ1n) is 6.11. The lowest BCUT2D eigenvalue weighted by atomic mass is 10.1. The highest BCUT2D eigenvalue weighted by atomic mass is 16.6. The van der Waals surface area contributed by atoms with Gasteiger partial charge in [-0.1, -0.05) is 13.8 Å². The van der Waals surface area contributed by atoms with Crippen LogP contribution >= 0.6 is 0 Å². The molecule has 5 heteroatoms. The lowest BCUT2D eigenvalue weighted by Crippen LogP contribution is -2.33. The summed E-state index contributed by atoms with van der Waals surface area (Å²) < 4.78 is 5.49. The minimum absolute atomic E-state index is 0.0777. The average Bonchev–Trinajstić information content (AvgIpc) is 2.34. The van der Waals surface area contributed by atoms with Crippen molar-refractivity contribution in [3.8, 4) is 5.75 Å². The molecule has 1 aromatic carbocycles. The molecular weight excluding hydrogens is 232 g/mol. The van der Waals surface area contributed by atoms with Crippen molar-refractivity contribution in [1.82, 2.24) is 5.32 Å². The highest BCUT2D eigenvalue weighted by Gasteiger charge is 2.06. The van der Waals surface area contributed by atoms with Gasteiger partial charge < -0.3 is 10.1 Å². The molecule has 0 aliphatic heterocycles. The molecule has 0 saturated heterocycles. The molecule has 0 aliphatic carbocycles. The van der Waals surface area contributed by atoms with Gasteiger partial charge >= 0.3 is 0 Å². The SMILES string of the molecule is CC(C)C(C)NCCOc1ccc([N+](=O)[O-])cc1. The number of nitro benzene ring substituents is 1. The second-order valence-corrected chi connectivity index (χ2v) is 4.59. The molecule has 0 bridgehead atoms. The van der Waals surface area contributed by atoms with Crippen molar-refractivity contribution in [2.24, 2.45) is 5.92 Å². The van der Waals surface area contributed by atoms with Gasteiger partial charge in [-0.05, 0) is 25.0 Å². The van der Waals surface area contributed by atoms with Crippen molar-refractivity contribution in [2.75, 3.05) is 13.2 Å². The van der Waals surface area contributed by atoms with E-state index in [4.69, 9.17) is 4.74 Å². The van der Waals surface area contributed by atoms with Crippen LogP contribution < -0.4 is 10.1 Å². The molecule has 0 fully saturated rings. The van der Waals surface area contributed by atoms with Crippen molar-refractivity contribution < 1.29 is 9.66 Å². The van der Waals surface area contributed by atoms with E-state index in [0.29, 0.717) is 24.3 Å². The van der Waals surface area contributed by atoms with Crippen LogP contribution in [0.1, 0.15) is 20.8 Å². The molecule has 1 atom stereocenters. The van der Waals surface area contributed by atoms with Crippen LogP contribution in [0.3, 0.4) is 0 Å². The van der Waals surface area contributed by atoms with Gasteiger partial charge in [0, 0.05) is 24.7 Å². The van der Waals surface area contributed by atoms with E-state index >= 15 is 0 Å². The van der Waals surface area contributed by atoms with Gasteiger partial charge in [-0.25, -0.2) is 0 Å². The first kappa shape index (κ1) is 14.4. The molecule has 5 nitrogen and oxygen atoms in total. The number of nitro groups is 1. The zero-order valence-electron chi connectivity index (χ0n) is 11.1. The standard InChI is InChI=1S/C13H20N2O3/c1-10(2)11(3)14-8-9-18-13-6-4-12(5-7-13)15(16)17/h4-7,10-11,14H,8-9H2,1-3H3. The number of ether oxygens (including phenoxy) is 1. The van der Waals surface area contributed by atoms with E-state index in [2.05, 4.69) is 26.1 Å². The quantitative estimate of drug-likeness (QED) is 0.460. The van der Waals surface area contributed by atoms with E-state index in [1.165, 1.54) is 12.1 Å². The van der Waals surface area contributed by atoms with Gasteiger partial charge in [0.25, 0.3) is 5.69 Å². The van der Waals surface area contributed by atoms with Crippen molar-refractivity contribution in [1.29, 1.82) is 0 Å². The minimum atomic E-state index is -0.421. The molecule has 1 aromatic rings. The predicted octanol–water partition coefficient (Wildman–Crippen LogP) is 2.61. The van der Waals surface area contributed by atoms with Gasteiger partial charge in [0.05, 0.1) is 4.92 Å². The molecule has 1 N–H and O–H groups in total. The second-order valence-electron chi connectivity index (χ2n) is 4.59. The van der Waals surface area contributed by atoms with Crippen molar-refractivity contribution in [3.05, 3.63) is 34.4 Å². The molecular formula is C13H20N2O3. The smallest absolute Gasteiger partial charge is 0.269 e. The van der Waals surface area contributed by atoms with Crippen LogP contribution in [0.15, 0.2) is 24.3 Å². The minimum Gasteiger partial charge on any atom is -0.492 e. The molecule has 0 aromatic heterocycles. The van der Waals surface area contributed by atoms with Gasteiger partial charge in [0.2, 0.25) is 0 Å². The first-order valence-corrected chi connectivity index (χ1v) is 6.11. The van der Waals surface area contributed by atoms with E-state index in [0.717, 1.165) is 6.54 Å². The summed E-state index contributed by atoms with van der Waals surface area (Å²) in [7, 11) is 0. The van der Waals surface area contributed by atoms with E-state index < -0.39 is 4.92 Å². The number of nitrogens with one attached hydrogen (secondary N) is 1. The van der Waals surface area contributed by atoms with Gasteiger partial charge in [-0.3, -0.25) is 10.1 Å². The number of hydrogen-bond donors (Lipinski definition) is 1. The fraction of sp³-hybridized carbons (Fsp3) is 0.538. The van der Waals surface area contributed by atoms with Crippen molar-refractivity contribution in [2.45, 2.75) is 26.8 Å². The number of nitrogens with zero attached hydrogens (tertiary/aromatic N) is 1. The Morgan fingerprint density at radius 3 is 2.39 bits per heavy atom. The number of hydrogen-bond acceptors (Lipinski definition) is 4. The predicted molar refractivity (Wildman–Crippen MR) is 70.9 cm³/mol. The Bertz CT molecular complexity index is 376. The van der Waals surface area contributed by atoms with Gasteiger partial charge in [0.15, 0.2) is 0 Å². The maximum atomic E-state index is 10.5. The van der Waals surface area contributed by atoms with Crippen molar-refractivity contribution >= 4 is 5.69 Å². The summed E-state index contributed by atoms with van der Waals surface area (Å²) in [5.41, 5.74) is 0.0777. The third-order valence-electron chi connectivity index (χ3n) is 2.88. The third-order valence-corrected chi connectivity index (χ3v) is 2.88. The topological polar surface area (TPSA) is 64.4 Å². The average molecular weight is 252 g/mol. The van der Waals surface area contributed by atoms with E-state index in [-0.39, 0.29) is 5.69 Å². The Morgan fingerprint density at radius 1 is 1.28 bits per heavy atom. The fourth-order valence-corrected chi connectivity index (χ4v) is 1.36. The number of benzene rings is 1. The Kier molecular flexibility index (Phi) is 5.58. The number of rotatable bonds is 7. The maximum absolute atomic E-state index is 10.5. The lowest BCUT2D eigenvalue weighted by Gasteiger charge is -2.17. The van der Waals surface area contributed by atoms with Crippen LogP contribution in [0.5, 0.6) is 5.75 Å². The normalized spacial score (nSPS) is 12.4. The summed E-state index contributed by atoms with van der Waals surface area (Å²) in [6.45, 7) is 7.77. The lowest BCUT2D eigenvalue weighted by molar-refractivity contribution is -0.384. The van der Waals surface area contributed by atoms with Gasteiger partial charge in [-0.2, -0.15) is 0 Å². The molecule has 1 unspecified atom stereocenters. The zero-order valence-corrected chi connectivity index (χ0v) is 11.1. The molecule has 0 amide bonds.